The van der Waals surface area contributed by atoms with Gasteiger partial charge in [-0.3, -0.25) is 0 Å². The maximum absolute atomic E-state index is 12.8. The molecule has 0 saturated heterocycles. The number of aromatic nitrogens is 2. The Hall–Kier alpha value is -2.22. The SMILES string of the molecule is COc1ncc(C2=Cc3ccc(C(F)(F)F)cc3CS2)nc1OC. The van der Waals surface area contributed by atoms with Gasteiger partial charge >= 0.3 is 6.18 Å². The van der Waals surface area contributed by atoms with Crippen LogP contribution < -0.4 is 9.47 Å². The number of rotatable bonds is 3. The highest BCUT2D eigenvalue weighted by atomic mass is 32.2. The summed E-state index contributed by atoms with van der Waals surface area (Å²) in [5.74, 6) is 0.966. The third-order valence-corrected chi connectivity index (χ3v) is 4.58. The minimum absolute atomic E-state index is 0.259. The molecular formula is C16H13F3N2O2S. The van der Waals surface area contributed by atoms with Crippen molar-refractivity contribution in [1.29, 1.82) is 0 Å². The van der Waals surface area contributed by atoms with Crippen molar-refractivity contribution in [3.63, 3.8) is 0 Å². The minimum atomic E-state index is -4.33. The summed E-state index contributed by atoms with van der Waals surface area (Å²) < 4.78 is 48.5. The molecule has 0 unspecified atom stereocenters. The molecule has 0 saturated carbocycles. The lowest BCUT2D eigenvalue weighted by molar-refractivity contribution is -0.137. The van der Waals surface area contributed by atoms with E-state index in [-0.39, 0.29) is 11.8 Å². The van der Waals surface area contributed by atoms with E-state index in [9.17, 15) is 13.2 Å². The summed E-state index contributed by atoms with van der Waals surface area (Å²) in [4.78, 5) is 9.28. The van der Waals surface area contributed by atoms with Gasteiger partial charge in [-0.25, -0.2) is 9.97 Å². The second-order valence-corrected chi connectivity index (χ2v) is 6.00. The second-order valence-electron chi connectivity index (χ2n) is 4.98. The zero-order valence-electron chi connectivity index (χ0n) is 12.8. The molecule has 0 spiro atoms. The normalized spacial score (nSPS) is 14.0. The highest BCUT2D eigenvalue weighted by molar-refractivity contribution is 8.07. The molecule has 24 heavy (non-hydrogen) atoms. The summed E-state index contributed by atoms with van der Waals surface area (Å²) in [6, 6.07) is 3.76. The van der Waals surface area contributed by atoms with Crippen LogP contribution in [-0.4, -0.2) is 24.2 Å². The van der Waals surface area contributed by atoms with Crippen molar-refractivity contribution in [3.05, 3.63) is 46.8 Å². The van der Waals surface area contributed by atoms with Crippen molar-refractivity contribution in [2.75, 3.05) is 14.2 Å². The Bertz CT molecular complexity index is 806. The van der Waals surface area contributed by atoms with Crippen LogP contribution in [0.15, 0.2) is 24.4 Å². The molecule has 0 N–H and O–H groups in total. The van der Waals surface area contributed by atoms with Crippen molar-refractivity contribution >= 4 is 22.7 Å². The second kappa shape index (κ2) is 6.35. The fourth-order valence-corrected chi connectivity index (χ4v) is 3.30. The van der Waals surface area contributed by atoms with E-state index in [2.05, 4.69) is 9.97 Å². The fraction of sp³-hybridized carbons (Fsp3) is 0.250. The Balaban J connectivity index is 1.96. The van der Waals surface area contributed by atoms with Crippen LogP contribution in [0, 0.1) is 0 Å². The number of fused-ring (bicyclic) bond motifs is 1. The predicted molar refractivity (Wildman–Crippen MR) is 85.7 cm³/mol. The Kier molecular flexibility index (Phi) is 4.40. The van der Waals surface area contributed by atoms with Crippen LogP contribution in [0.25, 0.3) is 11.0 Å². The summed E-state index contributed by atoms with van der Waals surface area (Å²) in [5, 5.41) is 0. The van der Waals surface area contributed by atoms with Gasteiger partial charge in [-0.15, -0.1) is 11.8 Å². The predicted octanol–water partition coefficient (Wildman–Crippen LogP) is 4.26. The number of hydrogen-bond donors (Lipinski definition) is 0. The molecule has 0 amide bonds. The molecule has 0 aliphatic carbocycles. The van der Waals surface area contributed by atoms with E-state index in [0.29, 0.717) is 17.0 Å². The molecule has 2 aromatic rings. The quantitative estimate of drug-likeness (QED) is 0.824. The van der Waals surface area contributed by atoms with Crippen LogP contribution >= 0.6 is 11.8 Å². The van der Waals surface area contributed by atoms with Gasteiger partial charge in [-0.2, -0.15) is 13.2 Å². The average Bonchev–Trinajstić information content (AvgIpc) is 2.59. The van der Waals surface area contributed by atoms with Crippen molar-refractivity contribution in [2.24, 2.45) is 0 Å². The average molecular weight is 354 g/mol. The van der Waals surface area contributed by atoms with Crippen LogP contribution in [0.4, 0.5) is 13.2 Å². The number of thioether (sulfide) groups is 1. The van der Waals surface area contributed by atoms with Gasteiger partial charge in [-0.05, 0) is 29.3 Å². The zero-order valence-corrected chi connectivity index (χ0v) is 13.7. The zero-order chi connectivity index (χ0) is 17.3. The standard InChI is InChI=1S/C16H13F3N2O2S/c1-22-14-15(23-2)21-12(7-20-14)13-6-9-3-4-11(16(17,18)19)5-10(9)8-24-13/h3-7H,8H2,1-2H3. The van der Waals surface area contributed by atoms with Gasteiger partial charge < -0.3 is 9.47 Å². The third kappa shape index (κ3) is 3.19. The van der Waals surface area contributed by atoms with Crippen molar-refractivity contribution in [1.82, 2.24) is 9.97 Å². The van der Waals surface area contributed by atoms with E-state index >= 15 is 0 Å². The third-order valence-electron chi connectivity index (χ3n) is 3.49. The summed E-state index contributed by atoms with van der Waals surface area (Å²) in [6.45, 7) is 0. The first-order chi connectivity index (χ1) is 11.4. The minimum Gasteiger partial charge on any atom is -0.477 e. The molecule has 1 aliphatic heterocycles. The lowest BCUT2D eigenvalue weighted by Crippen LogP contribution is -2.07. The van der Waals surface area contributed by atoms with E-state index in [0.717, 1.165) is 16.5 Å². The lowest BCUT2D eigenvalue weighted by atomic mass is 10.0. The first kappa shape index (κ1) is 16.6. The summed E-state index contributed by atoms with van der Waals surface area (Å²) in [5.41, 5.74) is 1.34. The lowest BCUT2D eigenvalue weighted by Gasteiger charge is -2.18. The molecule has 4 nitrogen and oxygen atoms in total. The Morgan fingerprint density at radius 3 is 2.54 bits per heavy atom. The van der Waals surface area contributed by atoms with Crippen LogP contribution in [-0.2, 0) is 11.9 Å². The highest BCUT2D eigenvalue weighted by Gasteiger charge is 2.31. The van der Waals surface area contributed by atoms with Gasteiger partial charge in [0.1, 0.15) is 0 Å². The van der Waals surface area contributed by atoms with Gasteiger partial charge in [-0.1, -0.05) is 6.07 Å². The Labute approximate surface area is 140 Å². The topological polar surface area (TPSA) is 44.2 Å². The number of halogens is 3. The molecule has 0 radical (unpaired) electrons. The summed E-state index contributed by atoms with van der Waals surface area (Å²) in [7, 11) is 2.93. The molecule has 3 rings (SSSR count). The molecule has 0 atom stereocenters. The largest absolute Gasteiger partial charge is 0.477 e. The van der Waals surface area contributed by atoms with Gasteiger partial charge in [0.05, 0.1) is 31.7 Å². The molecule has 1 aromatic heterocycles. The summed E-state index contributed by atoms with van der Waals surface area (Å²) in [6.07, 6.45) is -0.979. The summed E-state index contributed by atoms with van der Waals surface area (Å²) >= 11 is 1.41. The highest BCUT2D eigenvalue weighted by Crippen LogP contribution is 2.40. The van der Waals surface area contributed by atoms with Crippen LogP contribution in [0.3, 0.4) is 0 Å². The Morgan fingerprint density at radius 1 is 1.12 bits per heavy atom. The van der Waals surface area contributed by atoms with E-state index in [4.69, 9.17) is 9.47 Å². The monoisotopic (exact) mass is 354 g/mol. The Morgan fingerprint density at radius 2 is 1.88 bits per heavy atom. The van der Waals surface area contributed by atoms with Gasteiger partial charge in [0.25, 0.3) is 11.8 Å². The van der Waals surface area contributed by atoms with E-state index in [1.54, 1.807) is 12.3 Å². The molecule has 8 heteroatoms. The molecule has 2 heterocycles. The molecule has 1 aliphatic rings. The molecule has 126 valence electrons. The van der Waals surface area contributed by atoms with Crippen molar-refractivity contribution in [2.45, 2.75) is 11.9 Å². The van der Waals surface area contributed by atoms with Crippen LogP contribution in [0.2, 0.25) is 0 Å². The van der Waals surface area contributed by atoms with Crippen LogP contribution in [0.1, 0.15) is 22.4 Å². The van der Waals surface area contributed by atoms with E-state index in [1.165, 1.54) is 38.1 Å². The van der Waals surface area contributed by atoms with Gasteiger partial charge in [0.15, 0.2) is 0 Å². The fourth-order valence-electron chi connectivity index (χ4n) is 2.29. The van der Waals surface area contributed by atoms with Gasteiger partial charge in [0.2, 0.25) is 0 Å². The van der Waals surface area contributed by atoms with Gasteiger partial charge in [0, 0.05) is 10.7 Å². The van der Waals surface area contributed by atoms with E-state index in [1.807, 2.05) is 0 Å². The number of ether oxygens (including phenoxy) is 2. The molecule has 0 bridgehead atoms. The van der Waals surface area contributed by atoms with E-state index < -0.39 is 11.7 Å². The molecule has 1 aromatic carbocycles. The number of nitrogens with zero attached hydrogens (tertiary/aromatic N) is 2. The smallest absolute Gasteiger partial charge is 0.416 e. The van der Waals surface area contributed by atoms with Crippen molar-refractivity contribution in [3.8, 4) is 11.8 Å². The maximum Gasteiger partial charge on any atom is 0.416 e. The molecule has 0 fully saturated rings. The number of methoxy groups -OCH3 is 2. The first-order valence-electron chi connectivity index (χ1n) is 6.92. The number of hydrogen-bond acceptors (Lipinski definition) is 5. The maximum atomic E-state index is 12.8. The number of benzene rings is 1. The number of alkyl halides is 3. The first-order valence-corrected chi connectivity index (χ1v) is 7.91. The van der Waals surface area contributed by atoms with Crippen LogP contribution in [0.5, 0.6) is 11.8 Å². The van der Waals surface area contributed by atoms with Crippen molar-refractivity contribution < 1.29 is 22.6 Å². The molecular weight excluding hydrogens is 341 g/mol.